The fourth-order valence-corrected chi connectivity index (χ4v) is 2.75. The minimum absolute atomic E-state index is 0.0283. The number of carbonyl (C=O) groups is 4. The van der Waals surface area contributed by atoms with Gasteiger partial charge in [0.1, 0.15) is 0 Å². The summed E-state index contributed by atoms with van der Waals surface area (Å²) in [7, 11) is 1.25. The van der Waals surface area contributed by atoms with E-state index in [4.69, 9.17) is 0 Å². The second-order valence-corrected chi connectivity index (χ2v) is 5.59. The van der Waals surface area contributed by atoms with Crippen molar-refractivity contribution in [2.75, 3.05) is 12.4 Å². The molecule has 1 N–H and O–H groups in total. The molecule has 3 rings (SSSR count). The number of fused-ring (bicyclic) bond motifs is 3. The lowest BCUT2D eigenvalue weighted by Crippen LogP contribution is -2.21. The lowest BCUT2D eigenvalue weighted by molar-refractivity contribution is -0.141. The molecule has 0 fully saturated rings. The number of methoxy groups -OCH3 is 1. The molecule has 1 aliphatic carbocycles. The van der Waals surface area contributed by atoms with Crippen LogP contribution < -0.4 is 5.32 Å². The SMILES string of the molecule is COC(=O)CCC(=O)Nc1ccc2c(c1)C(=O)C(=O)c1ccccc1-2. The first kappa shape index (κ1) is 16.6. The summed E-state index contributed by atoms with van der Waals surface area (Å²) in [6.07, 6.45) is -0.0580. The van der Waals surface area contributed by atoms with Crippen LogP contribution in [-0.4, -0.2) is 30.6 Å². The number of hydrogen-bond donors (Lipinski definition) is 1. The molecule has 6 nitrogen and oxygen atoms in total. The Morgan fingerprint density at radius 3 is 2.24 bits per heavy atom. The summed E-state index contributed by atoms with van der Waals surface area (Å²) in [4.78, 5) is 47.5. The number of Topliss-reactive ketones (excluding diaryl/α,β-unsaturated/α-hetero) is 2. The van der Waals surface area contributed by atoms with Crippen molar-refractivity contribution < 1.29 is 23.9 Å². The number of rotatable bonds is 4. The molecule has 0 bridgehead atoms. The number of carbonyl (C=O) groups excluding carboxylic acids is 4. The molecule has 0 aliphatic heterocycles. The maximum Gasteiger partial charge on any atom is 0.306 e. The molecule has 0 saturated heterocycles. The molecule has 0 unspecified atom stereocenters. The van der Waals surface area contributed by atoms with Gasteiger partial charge in [0.25, 0.3) is 0 Å². The van der Waals surface area contributed by atoms with Crippen LogP contribution in [0.15, 0.2) is 42.5 Å². The molecule has 25 heavy (non-hydrogen) atoms. The van der Waals surface area contributed by atoms with E-state index in [1.54, 1.807) is 36.4 Å². The van der Waals surface area contributed by atoms with Gasteiger partial charge in [-0.15, -0.1) is 0 Å². The molecule has 0 spiro atoms. The minimum atomic E-state index is -0.598. The Labute approximate surface area is 143 Å². The average molecular weight is 337 g/mol. The van der Waals surface area contributed by atoms with E-state index in [-0.39, 0.29) is 24.3 Å². The highest BCUT2D eigenvalue weighted by molar-refractivity contribution is 6.53. The van der Waals surface area contributed by atoms with Gasteiger partial charge in [0, 0.05) is 23.2 Å². The van der Waals surface area contributed by atoms with Crippen LogP contribution in [0.25, 0.3) is 11.1 Å². The smallest absolute Gasteiger partial charge is 0.306 e. The summed E-state index contributed by atoms with van der Waals surface area (Å²) >= 11 is 0. The Balaban J connectivity index is 1.86. The third-order valence-electron chi connectivity index (χ3n) is 4.00. The Kier molecular flexibility index (Phi) is 4.43. The van der Waals surface area contributed by atoms with Gasteiger partial charge in [0.15, 0.2) is 0 Å². The summed E-state index contributed by atoms with van der Waals surface area (Å²) in [6, 6.07) is 11.8. The van der Waals surface area contributed by atoms with E-state index in [0.717, 1.165) is 0 Å². The van der Waals surface area contributed by atoms with Crippen LogP contribution in [0.5, 0.6) is 0 Å². The molecular formula is C19H15NO5. The first-order valence-electron chi connectivity index (χ1n) is 7.70. The Hall–Kier alpha value is -3.28. The third kappa shape index (κ3) is 3.19. The Morgan fingerprint density at radius 2 is 1.52 bits per heavy atom. The maximum absolute atomic E-state index is 12.3. The van der Waals surface area contributed by atoms with Crippen LogP contribution in [0.1, 0.15) is 33.6 Å². The van der Waals surface area contributed by atoms with E-state index in [2.05, 4.69) is 10.1 Å². The van der Waals surface area contributed by atoms with Gasteiger partial charge in [-0.3, -0.25) is 19.2 Å². The van der Waals surface area contributed by atoms with Crippen LogP contribution in [0.2, 0.25) is 0 Å². The van der Waals surface area contributed by atoms with E-state index in [1.807, 2.05) is 0 Å². The molecule has 0 aromatic heterocycles. The van der Waals surface area contributed by atoms with Crippen molar-refractivity contribution in [2.45, 2.75) is 12.8 Å². The second-order valence-electron chi connectivity index (χ2n) is 5.59. The lowest BCUT2D eigenvalue weighted by atomic mass is 9.84. The average Bonchev–Trinajstić information content (AvgIpc) is 2.64. The fourth-order valence-electron chi connectivity index (χ4n) is 2.75. The molecular weight excluding hydrogens is 322 g/mol. The highest BCUT2D eigenvalue weighted by atomic mass is 16.5. The first-order chi connectivity index (χ1) is 12.0. The number of nitrogens with one attached hydrogen (secondary N) is 1. The van der Waals surface area contributed by atoms with Gasteiger partial charge in [-0.05, 0) is 23.3 Å². The number of anilines is 1. The molecule has 2 aromatic carbocycles. The minimum Gasteiger partial charge on any atom is -0.469 e. The normalized spacial score (nSPS) is 12.2. The second kappa shape index (κ2) is 6.68. The van der Waals surface area contributed by atoms with Gasteiger partial charge in [-0.1, -0.05) is 30.3 Å². The molecule has 6 heteroatoms. The summed E-state index contributed by atoms with van der Waals surface area (Å²) in [5, 5.41) is 2.62. The van der Waals surface area contributed by atoms with Gasteiger partial charge in [-0.25, -0.2) is 0 Å². The van der Waals surface area contributed by atoms with Gasteiger partial charge < -0.3 is 10.1 Å². The predicted molar refractivity (Wildman–Crippen MR) is 90.4 cm³/mol. The maximum atomic E-state index is 12.3. The first-order valence-corrected chi connectivity index (χ1v) is 7.70. The van der Waals surface area contributed by atoms with Crippen LogP contribution in [0.4, 0.5) is 5.69 Å². The molecule has 1 aliphatic rings. The topological polar surface area (TPSA) is 89.5 Å². The summed E-state index contributed by atoms with van der Waals surface area (Å²) in [6.45, 7) is 0. The zero-order valence-corrected chi connectivity index (χ0v) is 13.5. The molecule has 0 heterocycles. The largest absolute Gasteiger partial charge is 0.469 e. The van der Waals surface area contributed by atoms with E-state index in [9.17, 15) is 19.2 Å². The van der Waals surface area contributed by atoms with Gasteiger partial charge in [0.2, 0.25) is 17.5 Å². The van der Waals surface area contributed by atoms with Crippen LogP contribution in [0.3, 0.4) is 0 Å². The number of amides is 1. The van der Waals surface area contributed by atoms with Crippen molar-refractivity contribution >= 4 is 29.1 Å². The number of ketones is 2. The van der Waals surface area contributed by atoms with Crippen molar-refractivity contribution in [3.05, 3.63) is 53.6 Å². The Morgan fingerprint density at radius 1 is 0.880 bits per heavy atom. The number of esters is 1. The molecule has 0 saturated carbocycles. The third-order valence-corrected chi connectivity index (χ3v) is 4.00. The summed E-state index contributed by atoms with van der Waals surface area (Å²) in [5.41, 5.74) is 2.40. The molecule has 126 valence electrons. The van der Waals surface area contributed by atoms with Crippen LogP contribution in [0, 0.1) is 0 Å². The zero-order chi connectivity index (χ0) is 18.0. The van der Waals surface area contributed by atoms with E-state index < -0.39 is 17.5 Å². The molecule has 0 atom stereocenters. The number of ether oxygens (including phenoxy) is 1. The molecule has 0 radical (unpaired) electrons. The van der Waals surface area contributed by atoms with Gasteiger partial charge in [-0.2, -0.15) is 0 Å². The monoisotopic (exact) mass is 337 g/mol. The zero-order valence-electron chi connectivity index (χ0n) is 13.5. The lowest BCUT2D eigenvalue weighted by Gasteiger charge is -2.18. The van der Waals surface area contributed by atoms with Crippen molar-refractivity contribution in [1.29, 1.82) is 0 Å². The van der Waals surface area contributed by atoms with Crippen molar-refractivity contribution in [3.8, 4) is 11.1 Å². The van der Waals surface area contributed by atoms with Crippen molar-refractivity contribution in [2.24, 2.45) is 0 Å². The fraction of sp³-hybridized carbons (Fsp3) is 0.158. The summed E-state index contributed by atoms with van der Waals surface area (Å²) in [5.74, 6) is -2.00. The van der Waals surface area contributed by atoms with E-state index >= 15 is 0 Å². The standard InChI is InChI=1S/C19H15NO5/c1-25-17(22)9-8-16(21)20-11-6-7-13-12-4-2-3-5-14(12)18(23)19(24)15(13)10-11/h2-7,10H,8-9H2,1H3,(H,20,21). The molecule has 2 aromatic rings. The Bertz CT molecular complexity index is 900. The van der Waals surface area contributed by atoms with Crippen LogP contribution >= 0.6 is 0 Å². The van der Waals surface area contributed by atoms with Crippen LogP contribution in [-0.2, 0) is 14.3 Å². The highest BCUT2D eigenvalue weighted by Gasteiger charge is 2.30. The predicted octanol–water partition coefficient (Wildman–Crippen LogP) is 2.62. The quantitative estimate of drug-likeness (QED) is 0.684. The number of hydrogen-bond acceptors (Lipinski definition) is 5. The highest BCUT2D eigenvalue weighted by Crippen LogP contribution is 2.34. The summed E-state index contributed by atoms with van der Waals surface area (Å²) < 4.78 is 4.48. The van der Waals surface area contributed by atoms with E-state index in [0.29, 0.717) is 22.4 Å². The van der Waals surface area contributed by atoms with Gasteiger partial charge in [0.05, 0.1) is 13.5 Å². The van der Waals surface area contributed by atoms with Gasteiger partial charge >= 0.3 is 5.97 Å². The molecule has 1 amide bonds. The van der Waals surface area contributed by atoms with Crippen molar-refractivity contribution in [1.82, 2.24) is 0 Å². The van der Waals surface area contributed by atoms with E-state index in [1.165, 1.54) is 13.2 Å². The number of benzene rings is 2. The van der Waals surface area contributed by atoms with Crippen molar-refractivity contribution in [3.63, 3.8) is 0 Å².